The van der Waals surface area contributed by atoms with E-state index in [1.807, 2.05) is 11.8 Å². The van der Waals surface area contributed by atoms with Crippen LogP contribution in [0.3, 0.4) is 0 Å². The first-order valence-corrected chi connectivity index (χ1v) is 8.81. The quantitative estimate of drug-likeness (QED) is 0.793. The van der Waals surface area contributed by atoms with Gasteiger partial charge in [0.1, 0.15) is 5.82 Å². The number of imidazole rings is 1. The van der Waals surface area contributed by atoms with Crippen LogP contribution in [0.4, 0.5) is 4.39 Å². The summed E-state index contributed by atoms with van der Waals surface area (Å²) in [5.41, 5.74) is 1.63. The zero-order chi connectivity index (χ0) is 14.8. The van der Waals surface area contributed by atoms with E-state index >= 15 is 0 Å². The number of halogens is 2. The Labute approximate surface area is 132 Å². The van der Waals surface area contributed by atoms with Crippen molar-refractivity contribution in [2.75, 3.05) is 24.5 Å². The second-order valence-electron chi connectivity index (χ2n) is 5.18. The highest BCUT2D eigenvalue weighted by molar-refractivity contribution is 7.99. The Morgan fingerprint density at radius 3 is 3.05 bits per heavy atom. The number of rotatable bonds is 4. The molecule has 0 aliphatic carbocycles. The van der Waals surface area contributed by atoms with Gasteiger partial charge in [0.25, 0.3) is 0 Å². The molecule has 1 fully saturated rings. The molecule has 1 aliphatic heterocycles. The van der Waals surface area contributed by atoms with Crippen molar-refractivity contribution in [2.24, 2.45) is 0 Å². The third-order valence-corrected chi connectivity index (χ3v) is 5.24. The van der Waals surface area contributed by atoms with Gasteiger partial charge >= 0.3 is 0 Å². The van der Waals surface area contributed by atoms with Crippen molar-refractivity contribution in [3.8, 4) is 5.75 Å². The number of aromatic nitrogens is 2. The van der Waals surface area contributed by atoms with E-state index in [4.69, 9.17) is 16.3 Å². The van der Waals surface area contributed by atoms with Gasteiger partial charge in [-0.05, 0) is 18.6 Å². The SMILES string of the molecule is COc1cc2c(cc1F)nc(CCCl)n2C1CCCSC1. The lowest BCUT2D eigenvalue weighted by Gasteiger charge is -2.25. The van der Waals surface area contributed by atoms with E-state index in [0.717, 1.165) is 23.5 Å². The van der Waals surface area contributed by atoms with E-state index < -0.39 is 0 Å². The van der Waals surface area contributed by atoms with E-state index in [0.29, 0.717) is 23.9 Å². The molecule has 0 N–H and O–H groups in total. The maximum Gasteiger partial charge on any atom is 0.167 e. The predicted octanol–water partition coefficient (Wildman–Crippen LogP) is 4.03. The normalized spacial score (nSPS) is 19.1. The van der Waals surface area contributed by atoms with Gasteiger partial charge in [0.15, 0.2) is 11.6 Å². The van der Waals surface area contributed by atoms with Gasteiger partial charge in [0, 0.05) is 36.2 Å². The van der Waals surface area contributed by atoms with Crippen LogP contribution in [0.5, 0.6) is 5.75 Å². The average Bonchev–Trinajstić information content (AvgIpc) is 2.84. The molecule has 0 bridgehead atoms. The van der Waals surface area contributed by atoms with Crippen molar-refractivity contribution in [2.45, 2.75) is 25.3 Å². The molecule has 0 spiro atoms. The zero-order valence-electron chi connectivity index (χ0n) is 11.9. The van der Waals surface area contributed by atoms with Crippen molar-refractivity contribution in [3.63, 3.8) is 0 Å². The lowest BCUT2D eigenvalue weighted by molar-refractivity contribution is 0.387. The van der Waals surface area contributed by atoms with E-state index in [-0.39, 0.29) is 11.6 Å². The van der Waals surface area contributed by atoms with Gasteiger partial charge in [0.2, 0.25) is 0 Å². The predicted molar refractivity (Wildman–Crippen MR) is 86.3 cm³/mol. The summed E-state index contributed by atoms with van der Waals surface area (Å²) in [6.45, 7) is 0. The Kier molecular flexibility index (Phi) is 4.60. The Morgan fingerprint density at radius 1 is 1.52 bits per heavy atom. The number of benzene rings is 1. The van der Waals surface area contributed by atoms with Gasteiger partial charge in [0.05, 0.1) is 18.1 Å². The summed E-state index contributed by atoms with van der Waals surface area (Å²) in [5, 5.41) is 0. The first kappa shape index (κ1) is 15.0. The number of hydrogen-bond acceptors (Lipinski definition) is 3. The maximum absolute atomic E-state index is 13.9. The van der Waals surface area contributed by atoms with Crippen LogP contribution in [0.15, 0.2) is 12.1 Å². The average molecular weight is 329 g/mol. The fourth-order valence-electron chi connectivity index (χ4n) is 2.90. The highest BCUT2D eigenvalue weighted by atomic mass is 35.5. The molecule has 3 nitrogen and oxygen atoms in total. The molecule has 1 aliphatic rings. The van der Waals surface area contributed by atoms with Crippen molar-refractivity contribution in [1.29, 1.82) is 0 Å². The van der Waals surface area contributed by atoms with Crippen molar-refractivity contribution >= 4 is 34.4 Å². The molecular weight excluding hydrogens is 311 g/mol. The smallest absolute Gasteiger partial charge is 0.167 e. The lowest BCUT2D eigenvalue weighted by atomic mass is 10.1. The topological polar surface area (TPSA) is 27.1 Å². The zero-order valence-corrected chi connectivity index (χ0v) is 13.5. The van der Waals surface area contributed by atoms with Crippen LogP contribution >= 0.6 is 23.4 Å². The lowest BCUT2D eigenvalue weighted by Crippen LogP contribution is -2.18. The number of thioether (sulfide) groups is 1. The summed E-state index contributed by atoms with van der Waals surface area (Å²) < 4.78 is 21.2. The molecule has 1 unspecified atom stereocenters. The summed E-state index contributed by atoms with van der Waals surface area (Å²) >= 11 is 7.87. The Balaban J connectivity index is 2.14. The maximum atomic E-state index is 13.9. The monoisotopic (exact) mass is 328 g/mol. The largest absolute Gasteiger partial charge is 0.494 e. The van der Waals surface area contributed by atoms with Crippen molar-refractivity contribution in [1.82, 2.24) is 9.55 Å². The first-order valence-electron chi connectivity index (χ1n) is 7.12. The van der Waals surface area contributed by atoms with Crippen LogP contribution < -0.4 is 4.74 Å². The third-order valence-electron chi connectivity index (χ3n) is 3.86. The molecule has 2 aromatic rings. The molecule has 1 saturated heterocycles. The number of methoxy groups -OCH3 is 1. The standard InChI is InChI=1S/C15H18ClFN2OS/c1-20-14-8-13-12(7-11(14)17)18-15(4-5-16)19(13)10-3-2-6-21-9-10/h7-8,10H,2-6,9H2,1H3. The number of alkyl halides is 1. The van der Waals surface area contributed by atoms with E-state index in [2.05, 4.69) is 9.55 Å². The fourth-order valence-corrected chi connectivity index (χ4v) is 4.19. The van der Waals surface area contributed by atoms with E-state index in [1.54, 1.807) is 6.07 Å². The molecule has 2 heterocycles. The molecule has 1 aromatic heterocycles. The van der Waals surface area contributed by atoms with E-state index in [9.17, 15) is 4.39 Å². The van der Waals surface area contributed by atoms with Gasteiger partial charge < -0.3 is 9.30 Å². The second kappa shape index (κ2) is 6.44. The van der Waals surface area contributed by atoms with E-state index in [1.165, 1.54) is 25.3 Å². The molecule has 0 radical (unpaired) electrons. The minimum absolute atomic E-state index is 0.268. The first-order chi connectivity index (χ1) is 10.2. The number of nitrogens with zero attached hydrogens (tertiary/aromatic N) is 2. The van der Waals surface area contributed by atoms with Crippen LogP contribution in [0.25, 0.3) is 11.0 Å². The number of ether oxygens (including phenoxy) is 1. The van der Waals surface area contributed by atoms with Crippen molar-refractivity contribution in [3.05, 3.63) is 23.8 Å². The van der Waals surface area contributed by atoms with Gasteiger partial charge in [-0.3, -0.25) is 0 Å². The molecule has 1 atom stereocenters. The molecule has 114 valence electrons. The highest BCUT2D eigenvalue weighted by Crippen LogP contribution is 2.33. The summed E-state index contributed by atoms with van der Waals surface area (Å²) in [6.07, 6.45) is 3.03. The van der Waals surface area contributed by atoms with Crippen molar-refractivity contribution < 1.29 is 9.13 Å². The molecule has 3 rings (SSSR count). The molecule has 0 saturated carbocycles. The summed E-state index contributed by atoms with van der Waals surface area (Å²) in [7, 11) is 1.49. The molecule has 0 amide bonds. The minimum atomic E-state index is -0.370. The van der Waals surface area contributed by atoms with Gasteiger partial charge in [-0.15, -0.1) is 11.6 Å². The van der Waals surface area contributed by atoms with Crippen LogP contribution in [-0.4, -0.2) is 34.0 Å². The van der Waals surface area contributed by atoms with Crippen LogP contribution in [0.1, 0.15) is 24.7 Å². The molecule has 1 aromatic carbocycles. The molecule has 21 heavy (non-hydrogen) atoms. The fraction of sp³-hybridized carbons (Fsp3) is 0.533. The number of aryl methyl sites for hydroxylation is 1. The minimum Gasteiger partial charge on any atom is -0.494 e. The summed E-state index contributed by atoms with van der Waals surface area (Å²) in [6, 6.07) is 3.62. The highest BCUT2D eigenvalue weighted by Gasteiger charge is 2.22. The van der Waals surface area contributed by atoms with Crippen LogP contribution in [-0.2, 0) is 6.42 Å². The summed E-state index contributed by atoms with van der Waals surface area (Å²) in [5.74, 6) is 3.64. The van der Waals surface area contributed by atoms with Crippen LogP contribution in [0.2, 0.25) is 0 Å². The summed E-state index contributed by atoms with van der Waals surface area (Å²) in [4.78, 5) is 4.59. The molecule has 6 heteroatoms. The van der Waals surface area contributed by atoms with Gasteiger partial charge in [-0.2, -0.15) is 11.8 Å². The van der Waals surface area contributed by atoms with Gasteiger partial charge in [-0.25, -0.2) is 9.37 Å². The number of fused-ring (bicyclic) bond motifs is 1. The molecular formula is C15H18ClFN2OS. The Bertz CT molecular complexity index is 640. The third kappa shape index (κ3) is 2.86. The van der Waals surface area contributed by atoms with Gasteiger partial charge in [-0.1, -0.05) is 0 Å². The number of hydrogen-bond donors (Lipinski definition) is 0. The Morgan fingerprint density at radius 2 is 2.38 bits per heavy atom. The van der Waals surface area contributed by atoms with Crippen LogP contribution in [0, 0.1) is 5.82 Å². The Hall–Kier alpha value is -0.940. The second-order valence-corrected chi connectivity index (χ2v) is 6.71.